The zero-order chi connectivity index (χ0) is 13.5. The van der Waals surface area contributed by atoms with E-state index in [0.717, 1.165) is 13.1 Å². The highest BCUT2D eigenvalue weighted by molar-refractivity contribution is 7.89. The molecule has 0 atom stereocenters. The highest BCUT2D eigenvalue weighted by Crippen LogP contribution is 2.18. The van der Waals surface area contributed by atoms with E-state index >= 15 is 0 Å². The number of nitrogens with one attached hydrogen (secondary N) is 1. The van der Waals surface area contributed by atoms with Gasteiger partial charge in [0.05, 0.1) is 5.75 Å². The van der Waals surface area contributed by atoms with Gasteiger partial charge in [0, 0.05) is 12.1 Å². The molecule has 17 heavy (non-hydrogen) atoms. The van der Waals surface area contributed by atoms with Crippen LogP contribution in [0.1, 0.15) is 34.1 Å². The Morgan fingerprint density at radius 1 is 1.35 bits per heavy atom. The molecule has 0 aromatic rings. The third kappa shape index (κ3) is 6.19. The number of hydrogen-bond donors (Lipinski definition) is 1. The van der Waals surface area contributed by atoms with Crippen LogP contribution >= 0.6 is 0 Å². The van der Waals surface area contributed by atoms with E-state index < -0.39 is 15.6 Å². The summed E-state index contributed by atoms with van der Waals surface area (Å²) in [6.45, 7) is 13.3. The molecule has 0 saturated carbocycles. The summed E-state index contributed by atoms with van der Waals surface area (Å²) < 4.78 is 25.9. The fraction of sp³-hybridized carbons (Fsp3) is 0.833. The Morgan fingerprint density at radius 3 is 2.35 bits per heavy atom. The number of nitrogens with zero attached hydrogens (tertiary/aromatic N) is 1. The maximum absolute atomic E-state index is 12.2. The van der Waals surface area contributed by atoms with Gasteiger partial charge in [-0.25, -0.2) is 8.42 Å². The summed E-state index contributed by atoms with van der Waals surface area (Å²) in [5.41, 5.74) is -0.398. The van der Waals surface area contributed by atoms with Gasteiger partial charge in [0.1, 0.15) is 0 Å². The molecule has 0 fully saturated rings. The fourth-order valence-electron chi connectivity index (χ4n) is 1.59. The molecule has 5 heteroatoms. The van der Waals surface area contributed by atoms with Crippen LogP contribution in [-0.4, -0.2) is 43.6 Å². The van der Waals surface area contributed by atoms with Crippen molar-refractivity contribution < 1.29 is 8.42 Å². The molecule has 0 bridgehead atoms. The summed E-state index contributed by atoms with van der Waals surface area (Å²) >= 11 is 0. The zero-order valence-corrected chi connectivity index (χ0v) is 12.3. The first kappa shape index (κ1) is 16.6. The van der Waals surface area contributed by atoms with Crippen LogP contribution in [0.25, 0.3) is 0 Å². The van der Waals surface area contributed by atoms with Crippen molar-refractivity contribution in [1.82, 2.24) is 9.62 Å². The Labute approximate surface area is 106 Å². The summed E-state index contributed by atoms with van der Waals surface area (Å²) in [7, 11) is -3.20. The molecular weight excluding hydrogens is 236 g/mol. The summed E-state index contributed by atoms with van der Waals surface area (Å²) in [5.74, 6) is 0.186. The standard InChI is InChI=1S/C12H26N2O2S/c1-6-10-14(12(3,4)5)17(15,16)11-8-9-13-7-2/h6,13H,1,7-11H2,2-5H3. The third-order valence-corrected chi connectivity index (χ3v) is 4.56. The van der Waals surface area contributed by atoms with E-state index in [1.54, 1.807) is 6.08 Å². The van der Waals surface area contributed by atoms with Crippen LogP contribution in [0, 0.1) is 0 Å². The molecule has 0 radical (unpaired) electrons. The van der Waals surface area contributed by atoms with Crippen LogP contribution in [0.5, 0.6) is 0 Å². The van der Waals surface area contributed by atoms with E-state index in [2.05, 4.69) is 11.9 Å². The highest BCUT2D eigenvalue weighted by atomic mass is 32.2. The molecule has 1 N–H and O–H groups in total. The molecule has 4 nitrogen and oxygen atoms in total. The lowest BCUT2D eigenvalue weighted by atomic mass is 10.1. The van der Waals surface area contributed by atoms with Crippen molar-refractivity contribution in [2.75, 3.05) is 25.4 Å². The maximum Gasteiger partial charge on any atom is 0.214 e. The topological polar surface area (TPSA) is 49.4 Å². The Kier molecular flexibility index (Phi) is 6.97. The molecule has 0 unspecified atom stereocenters. The van der Waals surface area contributed by atoms with Crippen molar-refractivity contribution >= 4 is 10.0 Å². The molecule has 0 aliphatic carbocycles. The van der Waals surface area contributed by atoms with Crippen LogP contribution in [-0.2, 0) is 10.0 Å². The average Bonchev–Trinajstić information content (AvgIpc) is 2.19. The van der Waals surface area contributed by atoms with Gasteiger partial charge in [0.25, 0.3) is 0 Å². The lowest BCUT2D eigenvalue weighted by molar-refractivity contribution is 0.269. The molecule has 0 aliphatic heterocycles. The molecule has 0 aromatic carbocycles. The first-order valence-corrected chi connectivity index (χ1v) is 7.68. The summed E-state index contributed by atoms with van der Waals surface area (Å²) in [4.78, 5) is 0. The van der Waals surface area contributed by atoms with Crippen molar-refractivity contribution in [3.8, 4) is 0 Å². The molecular formula is C12H26N2O2S. The minimum Gasteiger partial charge on any atom is -0.317 e. The quantitative estimate of drug-likeness (QED) is 0.534. The van der Waals surface area contributed by atoms with Gasteiger partial charge in [-0.3, -0.25) is 0 Å². The molecule has 102 valence electrons. The van der Waals surface area contributed by atoms with Crippen LogP contribution in [0.2, 0.25) is 0 Å². The van der Waals surface area contributed by atoms with E-state index in [-0.39, 0.29) is 5.75 Å². The highest BCUT2D eigenvalue weighted by Gasteiger charge is 2.30. The second-order valence-electron chi connectivity index (χ2n) is 5.01. The van der Waals surface area contributed by atoms with Gasteiger partial charge >= 0.3 is 0 Å². The lowest BCUT2D eigenvalue weighted by Gasteiger charge is -2.33. The molecule has 0 aromatic heterocycles. The first-order chi connectivity index (χ1) is 7.75. The predicted octanol–water partition coefficient (Wildman–Crippen LogP) is 1.60. The van der Waals surface area contributed by atoms with Gasteiger partial charge in [0.2, 0.25) is 10.0 Å². The minimum atomic E-state index is -3.20. The summed E-state index contributed by atoms with van der Waals surface area (Å²) in [6.07, 6.45) is 2.27. The third-order valence-electron chi connectivity index (χ3n) is 2.38. The normalized spacial score (nSPS) is 13.0. The zero-order valence-electron chi connectivity index (χ0n) is 11.5. The van der Waals surface area contributed by atoms with E-state index in [4.69, 9.17) is 0 Å². The van der Waals surface area contributed by atoms with E-state index in [1.165, 1.54) is 4.31 Å². The summed E-state index contributed by atoms with van der Waals surface area (Å²) in [6, 6.07) is 0. The molecule has 0 saturated heterocycles. The maximum atomic E-state index is 12.2. The largest absolute Gasteiger partial charge is 0.317 e. The van der Waals surface area contributed by atoms with Gasteiger partial charge in [0.15, 0.2) is 0 Å². The van der Waals surface area contributed by atoms with Crippen molar-refractivity contribution in [2.24, 2.45) is 0 Å². The fourth-order valence-corrected chi connectivity index (χ4v) is 3.49. The molecule has 0 aliphatic rings. The number of hydrogen-bond acceptors (Lipinski definition) is 3. The van der Waals surface area contributed by atoms with E-state index in [1.807, 2.05) is 27.7 Å². The SMILES string of the molecule is C=CCN(C(C)(C)C)S(=O)(=O)CCCNCC. The first-order valence-electron chi connectivity index (χ1n) is 6.08. The van der Waals surface area contributed by atoms with Crippen LogP contribution in [0.3, 0.4) is 0 Å². The Balaban J connectivity index is 4.57. The Hall–Kier alpha value is -0.390. The van der Waals surface area contributed by atoms with Gasteiger partial charge in [-0.2, -0.15) is 4.31 Å². The van der Waals surface area contributed by atoms with Crippen molar-refractivity contribution in [1.29, 1.82) is 0 Å². The Bertz CT molecular complexity index is 318. The lowest BCUT2D eigenvalue weighted by Crippen LogP contribution is -2.46. The predicted molar refractivity (Wildman–Crippen MR) is 73.6 cm³/mol. The van der Waals surface area contributed by atoms with Gasteiger partial charge < -0.3 is 5.32 Å². The van der Waals surface area contributed by atoms with Crippen molar-refractivity contribution in [3.05, 3.63) is 12.7 Å². The van der Waals surface area contributed by atoms with Crippen molar-refractivity contribution in [2.45, 2.75) is 39.7 Å². The molecule has 0 amide bonds. The smallest absolute Gasteiger partial charge is 0.214 e. The summed E-state index contributed by atoms with van der Waals surface area (Å²) in [5, 5.41) is 3.13. The number of rotatable bonds is 8. The van der Waals surface area contributed by atoms with Crippen LogP contribution in [0.15, 0.2) is 12.7 Å². The second-order valence-corrected chi connectivity index (χ2v) is 7.03. The van der Waals surface area contributed by atoms with E-state index in [0.29, 0.717) is 13.0 Å². The monoisotopic (exact) mass is 262 g/mol. The molecule has 0 rings (SSSR count). The van der Waals surface area contributed by atoms with E-state index in [9.17, 15) is 8.42 Å². The average molecular weight is 262 g/mol. The van der Waals surface area contributed by atoms with Gasteiger partial charge in [-0.1, -0.05) is 13.0 Å². The molecule has 0 spiro atoms. The number of sulfonamides is 1. The van der Waals surface area contributed by atoms with Crippen LogP contribution in [0.4, 0.5) is 0 Å². The van der Waals surface area contributed by atoms with Crippen molar-refractivity contribution in [3.63, 3.8) is 0 Å². The van der Waals surface area contributed by atoms with Gasteiger partial charge in [-0.05, 0) is 40.3 Å². The second kappa shape index (κ2) is 7.13. The Morgan fingerprint density at radius 2 is 1.94 bits per heavy atom. The van der Waals surface area contributed by atoms with Gasteiger partial charge in [-0.15, -0.1) is 6.58 Å². The minimum absolute atomic E-state index is 0.186. The van der Waals surface area contributed by atoms with Crippen LogP contribution < -0.4 is 5.32 Å². The molecule has 0 heterocycles.